The third kappa shape index (κ3) is 3.28. The zero-order valence-corrected chi connectivity index (χ0v) is 9.43. The maximum absolute atomic E-state index is 11.1. The molecule has 0 saturated carbocycles. The molecule has 0 bridgehead atoms. The van der Waals surface area contributed by atoms with Gasteiger partial charge < -0.3 is 5.73 Å². The van der Waals surface area contributed by atoms with Crippen LogP contribution in [0.5, 0.6) is 0 Å². The number of hydrogen-bond donors (Lipinski definition) is 2. The van der Waals surface area contributed by atoms with E-state index in [9.17, 15) is 9.59 Å². The molecule has 17 heavy (non-hydrogen) atoms. The predicted molar refractivity (Wildman–Crippen MR) is 60.8 cm³/mol. The zero-order chi connectivity index (χ0) is 12.3. The standard InChI is InChI=1S/C10H15N5O2/c11-8-2-5-15(13-8)4-1-3-14-6-9(16)12-10(17)7-14/h2,5H,1,3-4,6-7H2,(H2,11,13)(H,12,16,17). The first-order valence-electron chi connectivity index (χ1n) is 5.47. The van der Waals surface area contributed by atoms with Gasteiger partial charge in [0.25, 0.3) is 0 Å². The quantitative estimate of drug-likeness (QED) is 0.642. The normalized spacial score (nSPS) is 17.2. The number of nitrogens with two attached hydrogens (primary N) is 1. The summed E-state index contributed by atoms with van der Waals surface area (Å²) < 4.78 is 1.75. The van der Waals surface area contributed by atoms with Gasteiger partial charge in [-0.3, -0.25) is 24.5 Å². The minimum atomic E-state index is -0.232. The van der Waals surface area contributed by atoms with Crippen LogP contribution in [0.4, 0.5) is 5.82 Å². The maximum Gasteiger partial charge on any atom is 0.240 e. The van der Waals surface area contributed by atoms with Gasteiger partial charge in [-0.25, -0.2) is 0 Å². The summed E-state index contributed by atoms with van der Waals surface area (Å²) in [6.45, 7) is 1.99. The number of carbonyl (C=O) groups is 2. The van der Waals surface area contributed by atoms with E-state index >= 15 is 0 Å². The summed E-state index contributed by atoms with van der Waals surface area (Å²) >= 11 is 0. The third-order valence-corrected chi connectivity index (χ3v) is 2.54. The van der Waals surface area contributed by atoms with Crippen LogP contribution in [0.3, 0.4) is 0 Å². The van der Waals surface area contributed by atoms with Crippen molar-refractivity contribution in [3.8, 4) is 0 Å². The molecule has 3 N–H and O–H groups in total. The Morgan fingerprint density at radius 3 is 2.59 bits per heavy atom. The number of nitrogen functional groups attached to an aromatic ring is 1. The Bertz CT molecular complexity index is 412. The lowest BCUT2D eigenvalue weighted by Crippen LogP contribution is -2.51. The molecule has 1 aliphatic heterocycles. The van der Waals surface area contributed by atoms with Gasteiger partial charge in [0.15, 0.2) is 0 Å². The SMILES string of the molecule is Nc1ccn(CCCN2CC(=O)NC(=O)C2)n1. The number of piperazine rings is 1. The Balaban J connectivity index is 1.75. The first-order chi connectivity index (χ1) is 8.13. The van der Waals surface area contributed by atoms with Crippen molar-refractivity contribution in [2.45, 2.75) is 13.0 Å². The zero-order valence-electron chi connectivity index (χ0n) is 9.43. The molecule has 1 aliphatic rings. The van der Waals surface area contributed by atoms with Crippen molar-refractivity contribution >= 4 is 17.6 Å². The second-order valence-corrected chi connectivity index (χ2v) is 4.04. The van der Waals surface area contributed by atoms with E-state index in [0.29, 0.717) is 12.4 Å². The fourth-order valence-electron chi connectivity index (χ4n) is 1.81. The van der Waals surface area contributed by atoms with Gasteiger partial charge in [-0.2, -0.15) is 5.10 Å². The summed E-state index contributed by atoms with van der Waals surface area (Å²) in [5, 5.41) is 6.32. The lowest BCUT2D eigenvalue weighted by molar-refractivity contribution is -0.136. The van der Waals surface area contributed by atoms with Crippen molar-refractivity contribution in [3.63, 3.8) is 0 Å². The van der Waals surface area contributed by atoms with Crippen LogP contribution < -0.4 is 11.1 Å². The molecule has 0 atom stereocenters. The van der Waals surface area contributed by atoms with Crippen LogP contribution in [0.1, 0.15) is 6.42 Å². The predicted octanol–water partition coefficient (Wildman–Crippen LogP) is -1.19. The minimum Gasteiger partial charge on any atom is -0.382 e. The van der Waals surface area contributed by atoms with E-state index in [1.165, 1.54) is 0 Å². The molecule has 1 fully saturated rings. The van der Waals surface area contributed by atoms with Crippen LogP contribution in [-0.4, -0.2) is 46.1 Å². The second-order valence-electron chi connectivity index (χ2n) is 4.04. The lowest BCUT2D eigenvalue weighted by atomic mass is 10.3. The highest BCUT2D eigenvalue weighted by Crippen LogP contribution is 2.00. The van der Waals surface area contributed by atoms with Gasteiger partial charge in [0.2, 0.25) is 11.8 Å². The molecule has 0 radical (unpaired) electrons. The van der Waals surface area contributed by atoms with Gasteiger partial charge >= 0.3 is 0 Å². The molecule has 0 spiro atoms. The van der Waals surface area contributed by atoms with Crippen molar-refractivity contribution in [2.24, 2.45) is 0 Å². The molecule has 2 amide bonds. The van der Waals surface area contributed by atoms with Crippen molar-refractivity contribution in [3.05, 3.63) is 12.3 Å². The van der Waals surface area contributed by atoms with Gasteiger partial charge in [0, 0.05) is 19.3 Å². The van der Waals surface area contributed by atoms with Crippen molar-refractivity contribution in [1.29, 1.82) is 0 Å². The van der Waals surface area contributed by atoms with Crippen LogP contribution in [0.15, 0.2) is 12.3 Å². The second kappa shape index (κ2) is 4.96. The van der Waals surface area contributed by atoms with E-state index in [1.807, 2.05) is 11.1 Å². The average Bonchev–Trinajstić information content (AvgIpc) is 2.63. The molecule has 1 saturated heterocycles. The van der Waals surface area contributed by atoms with E-state index < -0.39 is 0 Å². The number of rotatable bonds is 4. The van der Waals surface area contributed by atoms with Crippen molar-refractivity contribution < 1.29 is 9.59 Å². The van der Waals surface area contributed by atoms with Crippen LogP contribution in [0, 0.1) is 0 Å². The van der Waals surface area contributed by atoms with Gasteiger partial charge in [0.05, 0.1) is 13.1 Å². The van der Waals surface area contributed by atoms with Gasteiger partial charge in [-0.15, -0.1) is 0 Å². The first kappa shape index (κ1) is 11.6. The molecule has 7 nitrogen and oxygen atoms in total. The van der Waals surface area contributed by atoms with Gasteiger partial charge in [-0.1, -0.05) is 0 Å². The van der Waals surface area contributed by atoms with Crippen LogP contribution >= 0.6 is 0 Å². The maximum atomic E-state index is 11.1. The molecular formula is C10H15N5O2. The molecular weight excluding hydrogens is 222 g/mol. The number of nitrogens with one attached hydrogen (secondary N) is 1. The number of aromatic nitrogens is 2. The Kier molecular flexibility index (Phi) is 3.38. The van der Waals surface area contributed by atoms with Crippen molar-refractivity contribution in [2.75, 3.05) is 25.4 Å². The van der Waals surface area contributed by atoms with Crippen LogP contribution in [-0.2, 0) is 16.1 Å². The highest BCUT2D eigenvalue weighted by molar-refractivity contribution is 5.99. The van der Waals surface area contributed by atoms with Crippen LogP contribution in [0.25, 0.3) is 0 Å². The Hall–Kier alpha value is -1.89. The molecule has 7 heteroatoms. The molecule has 1 aromatic rings. The molecule has 2 rings (SSSR count). The minimum absolute atomic E-state index is 0.232. The molecule has 2 heterocycles. The number of imide groups is 1. The van der Waals surface area contributed by atoms with E-state index in [1.54, 1.807) is 10.7 Å². The smallest absolute Gasteiger partial charge is 0.240 e. The van der Waals surface area contributed by atoms with Gasteiger partial charge in [0.1, 0.15) is 5.82 Å². The van der Waals surface area contributed by atoms with E-state index in [-0.39, 0.29) is 24.9 Å². The monoisotopic (exact) mass is 237 g/mol. The molecule has 0 unspecified atom stereocenters. The summed E-state index contributed by atoms with van der Waals surface area (Å²) in [6.07, 6.45) is 2.63. The van der Waals surface area contributed by atoms with Crippen LogP contribution in [0.2, 0.25) is 0 Å². The molecule has 0 aromatic carbocycles. The number of carbonyl (C=O) groups excluding carboxylic acids is 2. The highest BCUT2D eigenvalue weighted by atomic mass is 16.2. The lowest BCUT2D eigenvalue weighted by Gasteiger charge is -2.24. The Labute approximate surface area is 98.6 Å². The fourth-order valence-corrected chi connectivity index (χ4v) is 1.81. The number of anilines is 1. The van der Waals surface area contributed by atoms with E-state index in [2.05, 4.69) is 10.4 Å². The molecule has 1 aromatic heterocycles. The topological polar surface area (TPSA) is 93.2 Å². The third-order valence-electron chi connectivity index (χ3n) is 2.54. The number of nitrogens with zero attached hydrogens (tertiary/aromatic N) is 3. The summed E-state index contributed by atoms with van der Waals surface area (Å²) in [5.74, 6) is 0.0340. The van der Waals surface area contributed by atoms with E-state index in [0.717, 1.165) is 13.0 Å². The largest absolute Gasteiger partial charge is 0.382 e. The average molecular weight is 237 g/mol. The Morgan fingerprint density at radius 2 is 2.00 bits per heavy atom. The highest BCUT2D eigenvalue weighted by Gasteiger charge is 2.21. The molecule has 0 aliphatic carbocycles. The summed E-state index contributed by atoms with van der Waals surface area (Å²) in [6, 6.07) is 1.73. The first-order valence-corrected chi connectivity index (χ1v) is 5.47. The summed E-state index contributed by atoms with van der Waals surface area (Å²) in [5.41, 5.74) is 5.49. The number of aryl methyl sites for hydroxylation is 1. The Morgan fingerprint density at radius 1 is 1.29 bits per heavy atom. The molecule has 92 valence electrons. The van der Waals surface area contributed by atoms with Crippen molar-refractivity contribution in [1.82, 2.24) is 20.0 Å². The summed E-state index contributed by atoms with van der Waals surface area (Å²) in [4.78, 5) is 24.1. The van der Waals surface area contributed by atoms with E-state index in [4.69, 9.17) is 5.73 Å². The number of hydrogen-bond acceptors (Lipinski definition) is 5. The van der Waals surface area contributed by atoms with Gasteiger partial charge in [-0.05, 0) is 12.5 Å². The fraction of sp³-hybridized carbons (Fsp3) is 0.500. The number of amides is 2. The summed E-state index contributed by atoms with van der Waals surface area (Å²) in [7, 11) is 0.